The number of aliphatic hydroxyl groups is 1. The number of hydrogen-bond acceptors (Lipinski definition) is 4. The fraction of sp³-hybridized carbons (Fsp3) is 1.00. The van der Waals surface area contributed by atoms with Gasteiger partial charge in [0.05, 0.1) is 10.9 Å². The predicted molar refractivity (Wildman–Crippen MR) is 60.6 cm³/mol. The van der Waals surface area contributed by atoms with E-state index < -0.39 is 14.6 Å². The van der Waals surface area contributed by atoms with Crippen LogP contribution in [-0.4, -0.2) is 43.2 Å². The summed E-state index contributed by atoms with van der Waals surface area (Å²) >= 11 is 0. The molecular formula is C10H21NO3S. The van der Waals surface area contributed by atoms with Crippen LogP contribution in [0.15, 0.2) is 0 Å². The van der Waals surface area contributed by atoms with Crippen LogP contribution in [-0.2, 0) is 9.84 Å². The van der Waals surface area contributed by atoms with Crippen molar-refractivity contribution in [2.45, 2.75) is 50.0 Å². The Kier molecular flexibility index (Phi) is 3.79. The quantitative estimate of drug-likeness (QED) is 0.736. The summed E-state index contributed by atoms with van der Waals surface area (Å²) in [7, 11) is -3.06. The molecule has 1 rings (SSSR count). The van der Waals surface area contributed by atoms with Crippen molar-refractivity contribution in [3.8, 4) is 0 Å². The van der Waals surface area contributed by atoms with Crippen molar-refractivity contribution in [3.05, 3.63) is 0 Å². The zero-order chi connectivity index (χ0) is 11.7. The predicted octanol–water partition coefficient (Wildman–Crippen LogP) is 0.313. The first-order valence-electron chi connectivity index (χ1n) is 5.35. The minimum atomic E-state index is -3.06. The smallest absolute Gasteiger partial charge is 0.153 e. The summed E-state index contributed by atoms with van der Waals surface area (Å²) in [5.74, 6) is 0. The largest absolute Gasteiger partial charge is 0.392 e. The van der Waals surface area contributed by atoms with Crippen molar-refractivity contribution < 1.29 is 13.5 Å². The van der Waals surface area contributed by atoms with Crippen molar-refractivity contribution in [1.29, 1.82) is 0 Å². The number of hydrogen-bond donors (Lipinski definition) is 2. The minimum absolute atomic E-state index is 0.0611. The first kappa shape index (κ1) is 12.9. The number of rotatable bonds is 4. The summed E-state index contributed by atoms with van der Waals surface area (Å²) in [5.41, 5.74) is 0. The molecule has 0 heterocycles. The number of nitrogens with one attached hydrogen (secondary N) is 1. The lowest BCUT2D eigenvalue weighted by atomic mass is 10.1. The molecular weight excluding hydrogens is 214 g/mol. The Morgan fingerprint density at radius 2 is 2.00 bits per heavy atom. The van der Waals surface area contributed by atoms with Crippen LogP contribution < -0.4 is 5.32 Å². The van der Waals surface area contributed by atoms with Gasteiger partial charge in [0.1, 0.15) is 0 Å². The minimum Gasteiger partial charge on any atom is -0.392 e. The number of aliphatic hydroxyl groups excluding tert-OH is 1. The molecule has 0 aromatic heterocycles. The van der Waals surface area contributed by atoms with Gasteiger partial charge in [-0.05, 0) is 33.1 Å². The molecule has 0 unspecified atom stereocenters. The molecule has 1 saturated carbocycles. The molecule has 0 spiro atoms. The van der Waals surface area contributed by atoms with Gasteiger partial charge in [-0.1, -0.05) is 0 Å². The van der Waals surface area contributed by atoms with Crippen molar-refractivity contribution in [3.63, 3.8) is 0 Å². The highest BCUT2D eigenvalue weighted by Gasteiger charge is 2.32. The van der Waals surface area contributed by atoms with Gasteiger partial charge < -0.3 is 10.4 Å². The van der Waals surface area contributed by atoms with Gasteiger partial charge in [-0.25, -0.2) is 8.42 Å². The van der Waals surface area contributed by atoms with Crippen LogP contribution >= 0.6 is 0 Å². The molecule has 0 aliphatic heterocycles. The molecule has 4 nitrogen and oxygen atoms in total. The average molecular weight is 235 g/mol. The third-order valence-electron chi connectivity index (χ3n) is 3.27. The van der Waals surface area contributed by atoms with Gasteiger partial charge in [0.2, 0.25) is 0 Å². The van der Waals surface area contributed by atoms with Gasteiger partial charge in [0, 0.05) is 18.8 Å². The summed E-state index contributed by atoms with van der Waals surface area (Å²) in [4.78, 5) is 0. The summed E-state index contributed by atoms with van der Waals surface area (Å²) in [6.07, 6.45) is 3.69. The van der Waals surface area contributed by atoms with Crippen molar-refractivity contribution in [2.24, 2.45) is 0 Å². The van der Waals surface area contributed by atoms with E-state index in [-0.39, 0.29) is 12.1 Å². The third kappa shape index (κ3) is 3.16. The van der Waals surface area contributed by atoms with Gasteiger partial charge in [-0.15, -0.1) is 0 Å². The van der Waals surface area contributed by atoms with Gasteiger partial charge >= 0.3 is 0 Å². The van der Waals surface area contributed by atoms with Crippen LogP contribution in [0.1, 0.15) is 33.1 Å². The Morgan fingerprint density at radius 1 is 1.40 bits per heavy atom. The molecule has 0 saturated heterocycles. The molecule has 1 fully saturated rings. The maximum absolute atomic E-state index is 11.4. The monoisotopic (exact) mass is 235 g/mol. The van der Waals surface area contributed by atoms with E-state index in [0.29, 0.717) is 6.54 Å². The Balaban J connectivity index is 2.49. The Hall–Kier alpha value is -0.130. The van der Waals surface area contributed by atoms with Crippen molar-refractivity contribution >= 4 is 9.84 Å². The first-order valence-corrected chi connectivity index (χ1v) is 7.24. The van der Waals surface area contributed by atoms with E-state index in [1.807, 2.05) is 0 Å². The molecule has 0 bridgehead atoms. The third-order valence-corrected chi connectivity index (χ3v) is 5.43. The highest BCUT2D eigenvalue weighted by atomic mass is 32.2. The Labute approximate surface area is 92.0 Å². The van der Waals surface area contributed by atoms with Gasteiger partial charge in [-0.2, -0.15) is 0 Å². The molecule has 1 aliphatic rings. The maximum atomic E-state index is 11.4. The Morgan fingerprint density at radius 3 is 2.40 bits per heavy atom. The van der Waals surface area contributed by atoms with Crippen LogP contribution in [0.3, 0.4) is 0 Å². The van der Waals surface area contributed by atoms with E-state index in [4.69, 9.17) is 0 Å². The molecule has 5 heteroatoms. The molecule has 90 valence electrons. The lowest BCUT2D eigenvalue weighted by molar-refractivity contribution is 0.148. The molecule has 2 atom stereocenters. The fourth-order valence-corrected chi connectivity index (χ4v) is 2.03. The second-order valence-corrected chi connectivity index (χ2v) is 7.67. The summed E-state index contributed by atoms with van der Waals surface area (Å²) in [6.45, 7) is 3.81. The van der Waals surface area contributed by atoms with E-state index in [1.54, 1.807) is 13.8 Å². The summed E-state index contributed by atoms with van der Waals surface area (Å²) in [5, 5.41) is 12.7. The van der Waals surface area contributed by atoms with Crippen LogP contribution in [0.5, 0.6) is 0 Å². The normalized spacial score (nSPS) is 28.3. The van der Waals surface area contributed by atoms with Gasteiger partial charge in [0.25, 0.3) is 0 Å². The molecule has 2 N–H and O–H groups in total. The van der Waals surface area contributed by atoms with E-state index in [2.05, 4.69) is 5.32 Å². The second-order valence-electron chi connectivity index (χ2n) is 5.02. The topological polar surface area (TPSA) is 66.4 Å². The zero-order valence-electron chi connectivity index (χ0n) is 9.66. The molecule has 1 aliphatic carbocycles. The molecule has 0 aromatic carbocycles. The lowest BCUT2D eigenvalue weighted by Crippen LogP contribution is -2.47. The summed E-state index contributed by atoms with van der Waals surface area (Å²) in [6, 6.07) is 0.0611. The van der Waals surface area contributed by atoms with Crippen LogP contribution in [0.4, 0.5) is 0 Å². The summed E-state index contributed by atoms with van der Waals surface area (Å²) < 4.78 is 22.1. The first-order chi connectivity index (χ1) is 6.74. The van der Waals surface area contributed by atoms with E-state index >= 15 is 0 Å². The second kappa shape index (κ2) is 4.39. The van der Waals surface area contributed by atoms with Crippen LogP contribution in [0.2, 0.25) is 0 Å². The van der Waals surface area contributed by atoms with E-state index in [0.717, 1.165) is 19.3 Å². The SMILES string of the molecule is CC(C)(CN[C@@H]1CCC[C@H]1O)S(C)(=O)=O. The average Bonchev–Trinajstić information content (AvgIpc) is 2.46. The van der Waals surface area contributed by atoms with Crippen molar-refractivity contribution in [1.82, 2.24) is 5.32 Å². The highest BCUT2D eigenvalue weighted by molar-refractivity contribution is 7.92. The van der Waals surface area contributed by atoms with Gasteiger partial charge in [-0.3, -0.25) is 0 Å². The highest BCUT2D eigenvalue weighted by Crippen LogP contribution is 2.20. The maximum Gasteiger partial charge on any atom is 0.153 e. The molecule has 0 amide bonds. The van der Waals surface area contributed by atoms with Gasteiger partial charge in [0.15, 0.2) is 9.84 Å². The van der Waals surface area contributed by atoms with Crippen LogP contribution in [0.25, 0.3) is 0 Å². The molecule has 15 heavy (non-hydrogen) atoms. The van der Waals surface area contributed by atoms with Crippen LogP contribution in [0, 0.1) is 0 Å². The lowest BCUT2D eigenvalue weighted by Gasteiger charge is -2.26. The standard InChI is InChI=1S/C10H21NO3S/c1-10(2,15(3,13)14)7-11-8-5-4-6-9(8)12/h8-9,11-12H,4-7H2,1-3H3/t8-,9-/m1/s1. The zero-order valence-corrected chi connectivity index (χ0v) is 10.5. The van der Waals surface area contributed by atoms with E-state index in [1.165, 1.54) is 6.26 Å². The fourth-order valence-electron chi connectivity index (χ4n) is 1.69. The number of sulfone groups is 1. The molecule has 0 aromatic rings. The Bertz CT molecular complexity index is 311. The van der Waals surface area contributed by atoms with E-state index in [9.17, 15) is 13.5 Å². The van der Waals surface area contributed by atoms with Crippen molar-refractivity contribution in [2.75, 3.05) is 12.8 Å². The molecule has 0 radical (unpaired) electrons.